The highest BCUT2D eigenvalue weighted by atomic mass is 35.5. The van der Waals surface area contributed by atoms with Gasteiger partial charge < -0.3 is 15.5 Å². The second-order valence-electron chi connectivity index (χ2n) is 7.00. The molecular formula is C21H24ClN5O3. The van der Waals surface area contributed by atoms with E-state index in [9.17, 15) is 9.59 Å². The van der Waals surface area contributed by atoms with E-state index in [0.717, 1.165) is 11.1 Å². The average Bonchev–Trinajstić information content (AvgIpc) is 3.14. The number of oxazole rings is 1. The summed E-state index contributed by atoms with van der Waals surface area (Å²) >= 11 is 6.04. The average molecular weight is 430 g/mol. The van der Waals surface area contributed by atoms with Crippen LogP contribution in [0, 0.1) is 13.8 Å². The molecule has 8 nitrogen and oxygen atoms in total. The van der Waals surface area contributed by atoms with E-state index in [4.69, 9.17) is 21.8 Å². The predicted octanol–water partition coefficient (Wildman–Crippen LogP) is 2.06. The number of benzene rings is 1. The lowest BCUT2D eigenvalue weighted by atomic mass is 10.1. The highest BCUT2D eigenvalue weighted by Gasteiger charge is 2.14. The van der Waals surface area contributed by atoms with Crippen molar-refractivity contribution in [3.8, 4) is 0 Å². The Balaban J connectivity index is 1.67. The maximum absolute atomic E-state index is 12.8. The minimum absolute atomic E-state index is 0.0346. The second-order valence-corrected chi connectivity index (χ2v) is 7.44. The molecule has 0 aliphatic rings. The van der Waals surface area contributed by atoms with Gasteiger partial charge in [-0.2, -0.15) is 5.10 Å². The van der Waals surface area contributed by atoms with Crippen molar-refractivity contribution in [1.82, 2.24) is 20.1 Å². The van der Waals surface area contributed by atoms with E-state index in [0.29, 0.717) is 47.3 Å². The van der Waals surface area contributed by atoms with Gasteiger partial charge >= 0.3 is 0 Å². The van der Waals surface area contributed by atoms with Crippen molar-refractivity contribution in [2.45, 2.75) is 46.3 Å². The van der Waals surface area contributed by atoms with Crippen molar-refractivity contribution in [3.05, 3.63) is 79.9 Å². The van der Waals surface area contributed by atoms with E-state index in [1.54, 1.807) is 38.4 Å². The maximum Gasteiger partial charge on any atom is 0.270 e. The first-order chi connectivity index (χ1) is 14.4. The number of aryl methyl sites for hydroxylation is 4. The van der Waals surface area contributed by atoms with Gasteiger partial charge in [-0.05, 0) is 35.7 Å². The fourth-order valence-corrected chi connectivity index (χ4v) is 3.29. The fourth-order valence-electron chi connectivity index (χ4n) is 3.10. The van der Waals surface area contributed by atoms with E-state index >= 15 is 0 Å². The lowest BCUT2D eigenvalue weighted by Gasteiger charge is -2.12. The molecule has 2 heterocycles. The smallest absolute Gasteiger partial charge is 0.270 e. The van der Waals surface area contributed by atoms with E-state index in [1.807, 2.05) is 6.07 Å². The van der Waals surface area contributed by atoms with Gasteiger partial charge in [0.15, 0.2) is 5.89 Å². The monoisotopic (exact) mass is 429 g/mol. The third-order valence-electron chi connectivity index (χ3n) is 4.80. The number of halogens is 1. The molecule has 0 aliphatic heterocycles. The minimum atomic E-state index is -0.285. The van der Waals surface area contributed by atoms with E-state index in [-0.39, 0.29) is 24.4 Å². The third-order valence-corrected chi connectivity index (χ3v) is 5.04. The Morgan fingerprint density at radius 1 is 1.27 bits per heavy atom. The molecule has 0 spiro atoms. The third kappa shape index (κ3) is 5.34. The van der Waals surface area contributed by atoms with Gasteiger partial charge in [-0.25, -0.2) is 9.67 Å². The number of nitrogens with zero attached hydrogens (tertiary/aromatic N) is 3. The maximum atomic E-state index is 12.8. The van der Waals surface area contributed by atoms with Gasteiger partial charge in [0.25, 0.3) is 5.56 Å². The van der Waals surface area contributed by atoms with Gasteiger partial charge in [0.2, 0.25) is 5.91 Å². The molecule has 3 aromatic rings. The summed E-state index contributed by atoms with van der Waals surface area (Å²) in [5.74, 6) is 0.990. The molecule has 0 unspecified atom stereocenters. The Labute approximate surface area is 179 Å². The number of aromatic nitrogens is 3. The number of nitrogens with one attached hydrogen (secondary N) is 1. The Morgan fingerprint density at radius 2 is 2.07 bits per heavy atom. The van der Waals surface area contributed by atoms with Crippen molar-refractivity contribution in [2.75, 3.05) is 0 Å². The van der Waals surface area contributed by atoms with Crippen LogP contribution >= 0.6 is 11.6 Å². The molecule has 1 aromatic carbocycles. The number of hydrogen-bond acceptors (Lipinski definition) is 6. The topological polar surface area (TPSA) is 116 Å². The van der Waals surface area contributed by atoms with Crippen molar-refractivity contribution in [1.29, 1.82) is 0 Å². The van der Waals surface area contributed by atoms with Gasteiger partial charge in [0.05, 0.1) is 25.4 Å². The Bertz CT molecular complexity index is 1110. The first-order valence-electron chi connectivity index (χ1n) is 9.58. The molecule has 0 radical (unpaired) electrons. The van der Waals surface area contributed by atoms with E-state index in [1.165, 1.54) is 4.68 Å². The Hall–Kier alpha value is -2.97. The summed E-state index contributed by atoms with van der Waals surface area (Å²) in [7, 11) is 0. The molecule has 0 saturated heterocycles. The van der Waals surface area contributed by atoms with Crippen LogP contribution in [0.1, 0.15) is 33.9 Å². The molecule has 0 aliphatic carbocycles. The largest absolute Gasteiger partial charge is 0.446 e. The molecule has 1 amide bonds. The Morgan fingerprint density at radius 3 is 2.77 bits per heavy atom. The summed E-state index contributed by atoms with van der Waals surface area (Å²) in [5.41, 5.74) is 8.31. The zero-order chi connectivity index (χ0) is 21.7. The number of carbonyl (C=O) groups excluding carboxylic acids is 1. The van der Waals surface area contributed by atoms with Crippen LogP contribution in [-0.4, -0.2) is 20.7 Å². The number of rotatable bonds is 8. The molecule has 0 atom stereocenters. The van der Waals surface area contributed by atoms with Crippen LogP contribution in [0.4, 0.5) is 0 Å². The van der Waals surface area contributed by atoms with Crippen molar-refractivity contribution < 1.29 is 9.21 Å². The molecule has 3 rings (SSSR count). The van der Waals surface area contributed by atoms with Crippen LogP contribution in [0.25, 0.3) is 0 Å². The summed E-state index contributed by atoms with van der Waals surface area (Å²) < 4.78 is 6.77. The minimum Gasteiger partial charge on any atom is -0.446 e. The van der Waals surface area contributed by atoms with Gasteiger partial charge in [0.1, 0.15) is 5.76 Å². The summed E-state index contributed by atoms with van der Waals surface area (Å²) in [5, 5.41) is 7.59. The van der Waals surface area contributed by atoms with Crippen LogP contribution in [-0.2, 0) is 37.3 Å². The zero-order valence-electron chi connectivity index (χ0n) is 16.9. The number of carbonyl (C=O) groups is 1. The molecular weight excluding hydrogens is 406 g/mol. The standard InChI is InChI=1S/C21H24ClN5O3/c1-13-10-26-27(6-5-18-12-24-14(2)30-18)21(29)19(13)8-20(28)25-11-16-7-17(22)4-3-15(16)9-23/h3-4,7,10,12H,5-6,8-9,11,23H2,1-2H3,(H,25,28). The molecule has 3 N–H and O–H groups in total. The van der Waals surface area contributed by atoms with Crippen molar-refractivity contribution >= 4 is 17.5 Å². The molecule has 9 heteroatoms. The lowest BCUT2D eigenvalue weighted by molar-refractivity contribution is -0.120. The van der Waals surface area contributed by atoms with Gasteiger partial charge in [-0.15, -0.1) is 0 Å². The lowest BCUT2D eigenvalue weighted by Crippen LogP contribution is -2.32. The SMILES string of the molecule is Cc1ncc(CCn2ncc(C)c(CC(=O)NCc3cc(Cl)ccc3CN)c2=O)o1. The van der Waals surface area contributed by atoms with Crippen LogP contribution in [0.2, 0.25) is 5.02 Å². The normalized spacial score (nSPS) is 10.9. The quantitative estimate of drug-likeness (QED) is 0.566. The number of amides is 1. The molecule has 0 fully saturated rings. The van der Waals surface area contributed by atoms with Gasteiger partial charge in [-0.1, -0.05) is 17.7 Å². The summed E-state index contributed by atoms with van der Waals surface area (Å²) in [4.78, 5) is 29.4. The highest BCUT2D eigenvalue weighted by Crippen LogP contribution is 2.16. The first kappa shape index (κ1) is 21.7. The summed E-state index contributed by atoms with van der Waals surface area (Å²) in [6, 6.07) is 5.38. The molecule has 2 aromatic heterocycles. The van der Waals surface area contributed by atoms with Crippen LogP contribution in [0.15, 0.2) is 39.8 Å². The molecule has 158 valence electrons. The van der Waals surface area contributed by atoms with Crippen molar-refractivity contribution in [3.63, 3.8) is 0 Å². The molecule has 0 saturated carbocycles. The molecule has 30 heavy (non-hydrogen) atoms. The first-order valence-corrected chi connectivity index (χ1v) is 9.96. The van der Waals surface area contributed by atoms with E-state index in [2.05, 4.69) is 15.4 Å². The van der Waals surface area contributed by atoms with Crippen LogP contribution in [0.3, 0.4) is 0 Å². The molecule has 0 bridgehead atoms. The zero-order valence-corrected chi connectivity index (χ0v) is 17.7. The van der Waals surface area contributed by atoms with E-state index < -0.39 is 0 Å². The van der Waals surface area contributed by atoms with Gasteiger partial charge in [0, 0.05) is 37.0 Å². The fraction of sp³-hybridized carbons (Fsp3) is 0.333. The van der Waals surface area contributed by atoms with Crippen LogP contribution < -0.4 is 16.6 Å². The summed E-state index contributed by atoms with van der Waals surface area (Å²) in [6.45, 7) is 4.50. The number of hydrogen-bond donors (Lipinski definition) is 2. The second kappa shape index (κ2) is 9.69. The number of nitrogens with two attached hydrogens (primary N) is 1. The highest BCUT2D eigenvalue weighted by molar-refractivity contribution is 6.30. The van der Waals surface area contributed by atoms with Gasteiger partial charge in [-0.3, -0.25) is 9.59 Å². The summed E-state index contributed by atoms with van der Waals surface area (Å²) in [6.07, 6.45) is 3.68. The Kier molecular flexibility index (Phi) is 7.02. The predicted molar refractivity (Wildman–Crippen MR) is 113 cm³/mol. The van der Waals surface area contributed by atoms with Crippen LogP contribution in [0.5, 0.6) is 0 Å². The van der Waals surface area contributed by atoms with Crippen molar-refractivity contribution in [2.24, 2.45) is 5.73 Å².